The highest BCUT2D eigenvalue weighted by Gasteiger charge is 2.23. The maximum atomic E-state index is 11.4. The van der Waals surface area contributed by atoms with Crippen LogP contribution in [0.2, 0.25) is 0 Å². The van der Waals surface area contributed by atoms with E-state index in [0.29, 0.717) is 18.0 Å². The minimum absolute atomic E-state index is 0.194. The number of fused-ring (bicyclic) bond motifs is 3. The number of carbonyl (C=O) groups excluding carboxylic acids is 1. The number of ether oxygens (including phenoxy) is 1. The number of nitrogens with zero attached hydrogens (tertiary/aromatic N) is 3. The van der Waals surface area contributed by atoms with E-state index >= 15 is 0 Å². The molecule has 128 valence electrons. The molecule has 3 aromatic heterocycles. The zero-order chi connectivity index (χ0) is 17.2. The van der Waals surface area contributed by atoms with E-state index in [1.165, 1.54) is 29.4 Å². The Labute approximate surface area is 153 Å². The second kappa shape index (κ2) is 7.09. The van der Waals surface area contributed by atoms with Crippen molar-refractivity contribution in [3.63, 3.8) is 0 Å². The van der Waals surface area contributed by atoms with Crippen LogP contribution in [0.15, 0.2) is 29.6 Å². The predicted octanol–water partition coefficient (Wildman–Crippen LogP) is 3.90. The van der Waals surface area contributed by atoms with Gasteiger partial charge in [-0.2, -0.15) is 0 Å². The molecule has 7 heteroatoms. The fourth-order valence-electron chi connectivity index (χ4n) is 3.02. The molecule has 1 aliphatic carbocycles. The third-order valence-electron chi connectivity index (χ3n) is 4.22. The van der Waals surface area contributed by atoms with Gasteiger partial charge in [0, 0.05) is 34.0 Å². The van der Waals surface area contributed by atoms with Crippen molar-refractivity contribution in [2.75, 3.05) is 12.9 Å². The Kier molecular flexibility index (Phi) is 4.67. The number of thioether (sulfide) groups is 1. The summed E-state index contributed by atoms with van der Waals surface area (Å²) in [6.45, 7) is 0. The van der Waals surface area contributed by atoms with Crippen molar-refractivity contribution < 1.29 is 9.53 Å². The fourth-order valence-corrected chi connectivity index (χ4v) is 5.33. The number of thiophene rings is 1. The maximum Gasteiger partial charge on any atom is 0.306 e. The van der Waals surface area contributed by atoms with Crippen LogP contribution in [-0.4, -0.2) is 33.8 Å². The van der Waals surface area contributed by atoms with Crippen LogP contribution in [-0.2, 0) is 22.4 Å². The van der Waals surface area contributed by atoms with E-state index in [-0.39, 0.29) is 5.97 Å². The maximum absolute atomic E-state index is 11.4. The van der Waals surface area contributed by atoms with Crippen molar-refractivity contribution in [3.8, 4) is 11.4 Å². The molecule has 0 atom stereocenters. The summed E-state index contributed by atoms with van der Waals surface area (Å²) in [5, 5.41) is 2.15. The van der Waals surface area contributed by atoms with Gasteiger partial charge in [-0.15, -0.1) is 23.1 Å². The van der Waals surface area contributed by atoms with Crippen LogP contribution >= 0.6 is 23.1 Å². The number of hydrogen-bond donors (Lipinski definition) is 0. The van der Waals surface area contributed by atoms with Gasteiger partial charge in [0.2, 0.25) is 0 Å². The van der Waals surface area contributed by atoms with Crippen molar-refractivity contribution in [2.45, 2.75) is 30.7 Å². The molecule has 0 N–H and O–H groups in total. The molecule has 0 amide bonds. The van der Waals surface area contributed by atoms with E-state index < -0.39 is 0 Å². The normalized spacial score (nSPS) is 13.2. The fraction of sp³-hybridized carbons (Fsp3) is 0.333. The summed E-state index contributed by atoms with van der Waals surface area (Å²) in [7, 11) is 1.42. The third kappa shape index (κ3) is 3.26. The van der Waals surface area contributed by atoms with Crippen LogP contribution in [0.25, 0.3) is 21.6 Å². The molecule has 0 unspecified atom stereocenters. The number of aromatic nitrogens is 3. The highest BCUT2D eigenvalue weighted by Crippen LogP contribution is 2.41. The van der Waals surface area contributed by atoms with Gasteiger partial charge in [0.15, 0.2) is 5.82 Å². The van der Waals surface area contributed by atoms with E-state index in [1.54, 1.807) is 35.5 Å². The summed E-state index contributed by atoms with van der Waals surface area (Å²) >= 11 is 3.38. The third-order valence-corrected chi connectivity index (χ3v) is 6.39. The number of esters is 1. The van der Waals surface area contributed by atoms with Crippen molar-refractivity contribution in [1.29, 1.82) is 0 Å². The van der Waals surface area contributed by atoms with E-state index in [4.69, 9.17) is 14.7 Å². The average molecular weight is 371 g/mol. The molecule has 25 heavy (non-hydrogen) atoms. The Balaban J connectivity index is 1.75. The van der Waals surface area contributed by atoms with Crippen molar-refractivity contribution in [2.24, 2.45) is 0 Å². The lowest BCUT2D eigenvalue weighted by molar-refractivity contribution is -0.140. The minimum Gasteiger partial charge on any atom is -0.469 e. The van der Waals surface area contributed by atoms with Crippen LogP contribution in [0, 0.1) is 0 Å². The molecule has 1 aliphatic rings. The summed E-state index contributed by atoms with van der Waals surface area (Å²) in [6, 6.07) is 3.86. The van der Waals surface area contributed by atoms with Gasteiger partial charge in [-0.1, -0.05) is 0 Å². The Hall–Kier alpha value is -1.99. The van der Waals surface area contributed by atoms with E-state index in [9.17, 15) is 4.79 Å². The SMILES string of the molecule is COC(=O)CCSc1nc(-c2cccnc2)nc2sc3c(c12)CCC3. The number of aryl methyl sites for hydroxylation is 2. The van der Waals surface area contributed by atoms with E-state index in [2.05, 4.69) is 4.98 Å². The first-order valence-corrected chi connectivity index (χ1v) is 9.99. The van der Waals surface area contributed by atoms with Gasteiger partial charge in [-0.25, -0.2) is 9.97 Å². The van der Waals surface area contributed by atoms with Gasteiger partial charge in [0.1, 0.15) is 9.86 Å². The van der Waals surface area contributed by atoms with Gasteiger partial charge >= 0.3 is 5.97 Å². The number of rotatable bonds is 5. The largest absolute Gasteiger partial charge is 0.469 e. The lowest BCUT2D eigenvalue weighted by atomic mass is 10.2. The van der Waals surface area contributed by atoms with Crippen LogP contribution in [0.5, 0.6) is 0 Å². The van der Waals surface area contributed by atoms with Crippen molar-refractivity contribution in [1.82, 2.24) is 15.0 Å². The molecule has 0 fully saturated rings. The van der Waals surface area contributed by atoms with Crippen LogP contribution in [0.1, 0.15) is 23.3 Å². The standard InChI is InChI=1S/C18H17N3O2S2/c1-23-14(22)7-9-24-17-15-12-5-2-6-13(12)25-18(15)21-16(20-17)11-4-3-8-19-10-11/h3-4,8,10H,2,5-7,9H2,1H3. The van der Waals surface area contributed by atoms with Crippen LogP contribution in [0.4, 0.5) is 0 Å². The van der Waals surface area contributed by atoms with Gasteiger partial charge in [0.25, 0.3) is 0 Å². The zero-order valence-electron chi connectivity index (χ0n) is 13.8. The molecule has 3 heterocycles. The van der Waals surface area contributed by atoms with Gasteiger partial charge < -0.3 is 4.74 Å². The summed E-state index contributed by atoms with van der Waals surface area (Å²) in [5.41, 5.74) is 2.31. The molecule has 0 spiro atoms. The molecule has 0 radical (unpaired) electrons. The second-order valence-electron chi connectivity index (χ2n) is 5.81. The lowest BCUT2D eigenvalue weighted by Gasteiger charge is -2.07. The number of pyridine rings is 1. The molecule has 0 aliphatic heterocycles. The van der Waals surface area contributed by atoms with E-state index in [1.807, 2.05) is 12.1 Å². The smallest absolute Gasteiger partial charge is 0.306 e. The highest BCUT2D eigenvalue weighted by molar-refractivity contribution is 7.99. The van der Waals surface area contributed by atoms with E-state index in [0.717, 1.165) is 28.3 Å². The number of carbonyl (C=O) groups is 1. The molecule has 0 saturated carbocycles. The summed E-state index contributed by atoms with van der Waals surface area (Å²) in [6.07, 6.45) is 7.33. The average Bonchev–Trinajstić information content (AvgIpc) is 3.22. The van der Waals surface area contributed by atoms with Crippen molar-refractivity contribution >= 4 is 39.3 Å². The summed E-state index contributed by atoms with van der Waals surface area (Å²) < 4.78 is 4.74. The lowest BCUT2D eigenvalue weighted by Crippen LogP contribution is -2.01. The molecule has 0 aromatic carbocycles. The van der Waals surface area contributed by atoms with Gasteiger partial charge in [-0.3, -0.25) is 9.78 Å². The summed E-state index contributed by atoms with van der Waals surface area (Å²) in [5.74, 6) is 1.15. The first kappa shape index (κ1) is 16.5. The molecule has 4 rings (SSSR count). The molecule has 5 nitrogen and oxygen atoms in total. The van der Waals surface area contributed by atoms with Gasteiger partial charge in [0.05, 0.1) is 13.5 Å². The summed E-state index contributed by atoms with van der Waals surface area (Å²) in [4.78, 5) is 27.7. The molecule has 3 aromatic rings. The molecule has 0 saturated heterocycles. The first-order chi connectivity index (χ1) is 12.3. The van der Waals surface area contributed by atoms with Gasteiger partial charge in [-0.05, 0) is 37.0 Å². The first-order valence-electron chi connectivity index (χ1n) is 8.18. The number of hydrogen-bond acceptors (Lipinski definition) is 7. The highest BCUT2D eigenvalue weighted by atomic mass is 32.2. The molecule has 0 bridgehead atoms. The molecular weight excluding hydrogens is 354 g/mol. The Morgan fingerprint density at radius 3 is 3.08 bits per heavy atom. The quantitative estimate of drug-likeness (QED) is 0.385. The Bertz CT molecular complexity index is 925. The van der Waals surface area contributed by atoms with Crippen LogP contribution in [0.3, 0.4) is 0 Å². The minimum atomic E-state index is -0.194. The number of methoxy groups -OCH3 is 1. The van der Waals surface area contributed by atoms with Crippen LogP contribution < -0.4 is 0 Å². The molecular formula is C18H17N3O2S2. The Morgan fingerprint density at radius 2 is 2.28 bits per heavy atom. The monoisotopic (exact) mass is 371 g/mol. The van der Waals surface area contributed by atoms with Crippen molar-refractivity contribution in [3.05, 3.63) is 35.0 Å². The topological polar surface area (TPSA) is 65.0 Å². The Morgan fingerprint density at radius 1 is 1.36 bits per heavy atom. The second-order valence-corrected chi connectivity index (χ2v) is 7.97. The zero-order valence-corrected chi connectivity index (χ0v) is 15.5. The predicted molar refractivity (Wildman–Crippen MR) is 100 cm³/mol.